The van der Waals surface area contributed by atoms with Gasteiger partial charge in [-0.25, -0.2) is 0 Å². The van der Waals surface area contributed by atoms with Crippen molar-refractivity contribution in [3.8, 4) is 0 Å². The van der Waals surface area contributed by atoms with Gasteiger partial charge in [0.2, 0.25) is 5.91 Å². The Balaban J connectivity index is 1.78. The molecule has 2 aliphatic rings. The highest BCUT2D eigenvalue weighted by atomic mass is 16.2. The number of rotatable bonds is 3. The zero-order chi connectivity index (χ0) is 13.2. The summed E-state index contributed by atoms with van der Waals surface area (Å²) in [6.07, 6.45) is 4.09. The Bertz CT molecular complexity index is 478. The van der Waals surface area contributed by atoms with Crippen molar-refractivity contribution >= 4 is 11.6 Å². The fourth-order valence-electron chi connectivity index (χ4n) is 3.19. The van der Waals surface area contributed by atoms with E-state index in [1.54, 1.807) is 0 Å². The summed E-state index contributed by atoms with van der Waals surface area (Å²) in [5.74, 6) is 0.878. The van der Waals surface area contributed by atoms with Gasteiger partial charge in [-0.2, -0.15) is 0 Å². The van der Waals surface area contributed by atoms with Crippen molar-refractivity contribution in [1.82, 2.24) is 5.32 Å². The van der Waals surface area contributed by atoms with Crippen LogP contribution < -0.4 is 10.2 Å². The Morgan fingerprint density at radius 1 is 1.42 bits per heavy atom. The predicted molar refractivity (Wildman–Crippen MR) is 77.5 cm³/mol. The number of benzene rings is 1. The summed E-state index contributed by atoms with van der Waals surface area (Å²) in [5, 5.41) is 3.43. The molecule has 19 heavy (non-hydrogen) atoms. The fourth-order valence-corrected chi connectivity index (χ4v) is 3.19. The maximum atomic E-state index is 12.2. The molecule has 1 N–H and O–H groups in total. The van der Waals surface area contributed by atoms with Gasteiger partial charge in [0.1, 0.15) is 0 Å². The van der Waals surface area contributed by atoms with Crippen molar-refractivity contribution in [3.05, 3.63) is 29.3 Å². The Kier molecular flexibility index (Phi) is 3.56. The summed E-state index contributed by atoms with van der Waals surface area (Å²) in [6, 6.07) is 6.49. The molecule has 0 aromatic heterocycles. The van der Waals surface area contributed by atoms with E-state index in [4.69, 9.17) is 0 Å². The molecule has 0 spiro atoms. The first-order valence-electron chi connectivity index (χ1n) is 7.41. The largest absolute Gasteiger partial charge is 0.316 e. The number of amides is 1. The van der Waals surface area contributed by atoms with Gasteiger partial charge in [-0.3, -0.25) is 4.79 Å². The van der Waals surface area contributed by atoms with Gasteiger partial charge in [-0.15, -0.1) is 0 Å². The van der Waals surface area contributed by atoms with Gasteiger partial charge in [0.25, 0.3) is 0 Å². The van der Waals surface area contributed by atoms with Crippen LogP contribution in [-0.2, 0) is 17.6 Å². The Hall–Kier alpha value is -1.35. The van der Waals surface area contributed by atoms with E-state index in [2.05, 4.69) is 30.4 Å². The molecule has 0 bridgehead atoms. The smallest absolute Gasteiger partial charge is 0.231 e. The topological polar surface area (TPSA) is 32.3 Å². The molecule has 0 aliphatic carbocycles. The van der Waals surface area contributed by atoms with Crippen LogP contribution in [0.3, 0.4) is 0 Å². The summed E-state index contributed by atoms with van der Waals surface area (Å²) in [5.41, 5.74) is 3.69. The highest BCUT2D eigenvalue weighted by molar-refractivity contribution is 6.01. The number of hydrogen-bond donors (Lipinski definition) is 1. The third-order valence-electron chi connectivity index (χ3n) is 4.33. The quantitative estimate of drug-likeness (QED) is 0.901. The van der Waals surface area contributed by atoms with E-state index >= 15 is 0 Å². The number of nitrogens with one attached hydrogen (secondary N) is 1. The Morgan fingerprint density at radius 2 is 2.32 bits per heavy atom. The number of fused-ring (bicyclic) bond motifs is 1. The van der Waals surface area contributed by atoms with E-state index in [1.165, 1.54) is 24.0 Å². The zero-order valence-corrected chi connectivity index (χ0v) is 11.6. The molecule has 2 heterocycles. The van der Waals surface area contributed by atoms with Crippen molar-refractivity contribution in [1.29, 1.82) is 0 Å². The first-order valence-corrected chi connectivity index (χ1v) is 7.41. The molecule has 0 radical (unpaired) electrons. The number of carbonyl (C=O) groups is 1. The predicted octanol–water partition coefficient (Wildman–Crippen LogP) is 2.14. The molecule has 1 fully saturated rings. The Morgan fingerprint density at radius 3 is 3.05 bits per heavy atom. The molecule has 102 valence electrons. The molecule has 1 atom stereocenters. The number of piperidine rings is 1. The van der Waals surface area contributed by atoms with Crippen molar-refractivity contribution in [2.24, 2.45) is 5.92 Å². The van der Waals surface area contributed by atoms with Gasteiger partial charge in [0.05, 0.1) is 6.42 Å². The third kappa shape index (κ3) is 2.52. The Labute approximate surface area is 115 Å². The lowest BCUT2D eigenvalue weighted by Crippen LogP contribution is -2.39. The molecular formula is C16H22N2O. The number of nitrogens with zero attached hydrogens (tertiary/aromatic N) is 1. The van der Waals surface area contributed by atoms with Crippen LogP contribution in [0.4, 0.5) is 5.69 Å². The summed E-state index contributed by atoms with van der Waals surface area (Å²) in [7, 11) is 0. The van der Waals surface area contributed by atoms with Crippen LogP contribution in [0.15, 0.2) is 18.2 Å². The second-order valence-corrected chi connectivity index (χ2v) is 5.71. The van der Waals surface area contributed by atoms with Crippen LogP contribution in [-0.4, -0.2) is 25.5 Å². The average molecular weight is 258 g/mol. The molecule has 0 saturated carbocycles. The standard InChI is InChI=1S/C16H22N2O/c1-2-12-5-6-15-14(8-12)9-16(19)18(15)11-13-4-3-7-17-10-13/h5-6,8,13,17H,2-4,7,9-11H2,1H3. The summed E-state index contributed by atoms with van der Waals surface area (Å²) < 4.78 is 0. The van der Waals surface area contributed by atoms with Gasteiger partial charge in [0.15, 0.2) is 0 Å². The van der Waals surface area contributed by atoms with Gasteiger partial charge < -0.3 is 10.2 Å². The van der Waals surface area contributed by atoms with E-state index in [0.717, 1.165) is 31.7 Å². The lowest BCUT2D eigenvalue weighted by Gasteiger charge is -2.28. The van der Waals surface area contributed by atoms with Crippen LogP contribution in [0.1, 0.15) is 30.9 Å². The highest BCUT2D eigenvalue weighted by Gasteiger charge is 2.29. The second kappa shape index (κ2) is 5.33. The monoisotopic (exact) mass is 258 g/mol. The van der Waals surface area contributed by atoms with E-state index in [9.17, 15) is 4.79 Å². The van der Waals surface area contributed by atoms with Gasteiger partial charge in [-0.1, -0.05) is 19.1 Å². The molecule has 2 aliphatic heterocycles. The van der Waals surface area contributed by atoms with Crippen molar-refractivity contribution in [2.75, 3.05) is 24.5 Å². The molecule has 1 saturated heterocycles. The van der Waals surface area contributed by atoms with Gasteiger partial charge in [0, 0.05) is 12.2 Å². The minimum absolute atomic E-state index is 0.272. The maximum absolute atomic E-state index is 12.2. The average Bonchev–Trinajstić information content (AvgIpc) is 2.75. The maximum Gasteiger partial charge on any atom is 0.231 e. The summed E-state index contributed by atoms with van der Waals surface area (Å²) >= 11 is 0. The van der Waals surface area contributed by atoms with Crippen molar-refractivity contribution < 1.29 is 4.79 Å². The fraction of sp³-hybridized carbons (Fsp3) is 0.562. The SMILES string of the molecule is CCc1ccc2c(c1)CC(=O)N2CC1CCCNC1. The lowest BCUT2D eigenvalue weighted by atomic mass is 9.99. The number of hydrogen-bond acceptors (Lipinski definition) is 2. The lowest BCUT2D eigenvalue weighted by molar-refractivity contribution is -0.117. The normalized spacial score (nSPS) is 22.7. The molecule has 1 aromatic rings. The van der Waals surface area contributed by atoms with Crippen LogP contribution in [0.5, 0.6) is 0 Å². The van der Waals surface area contributed by atoms with Crippen molar-refractivity contribution in [2.45, 2.75) is 32.6 Å². The van der Waals surface area contributed by atoms with E-state index < -0.39 is 0 Å². The molecule has 3 heteroatoms. The number of aryl methyl sites for hydroxylation is 1. The zero-order valence-electron chi connectivity index (χ0n) is 11.6. The molecule has 1 unspecified atom stereocenters. The summed E-state index contributed by atoms with van der Waals surface area (Å²) in [4.78, 5) is 14.2. The molecule has 1 amide bonds. The van der Waals surface area contributed by atoms with Crippen LogP contribution in [0.25, 0.3) is 0 Å². The minimum atomic E-state index is 0.272. The first kappa shape index (κ1) is 12.7. The number of carbonyl (C=O) groups excluding carboxylic acids is 1. The van der Waals surface area contributed by atoms with E-state index in [0.29, 0.717) is 12.3 Å². The highest BCUT2D eigenvalue weighted by Crippen LogP contribution is 2.31. The van der Waals surface area contributed by atoms with Crippen LogP contribution in [0.2, 0.25) is 0 Å². The van der Waals surface area contributed by atoms with E-state index in [1.807, 2.05) is 4.90 Å². The molecule has 3 nitrogen and oxygen atoms in total. The second-order valence-electron chi connectivity index (χ2n) is 5.71. The van der Waals surface area contributed by atoms with E-state index in [-0.39, 0.29) is 5.91 Å². The minimum Gasteiger partial charge on any atom is -0.316 e. The van der Waals surface area contributed by atoms with Crippen molar-refractivity contribution in [3.63, 3.8) is 0 Å². The van der Waals surface area contributed by atoms with Crippen LogP contribution >= 0.6 is 0 Å². The van der Waals surface area contributed by atoms with Gasteiger partial charge >= 0.3 is 0 Å². The van der Waals surface area contributed by atoms with Crippen LogP contribution in [0, 0.1) is 5.92 Å². The first-order chi connectivity index (χ1) is 9.28. The molecular weight excluding hydrogens is 236 g/mol. The number of anilines is 1. The molecule has 3 rings (SSSR count). The summed E-state index contributed by atoms with van der Waals surface area (Å²) in [6.45, 7) is 5.21. The third-order valence-corrected chi connectivity index (χ3v) is 4.33. The van der Waals surface area contributed by atoms with Gasteiger partial charge in [-0.05, 0) is 55.5 Å². The molecule has 1 aromatic carbocycles.